The molecule has 1 unspecified atom stereocenters. The molecule has 0 aliphatic carbocycles. The first-order chi connectivity index (χ1) is 9.19. The lowest BCUT2D eigenvalue weighted by atomic mass is 9.92. The van der Waals surface area contributed by atoms with Crippen molar-refractivity contribution < 1.29 is 4.74 Å². The maximum atomic E-state index is 5.73. The molecular formula is C17H17NO. The summed E-state index contributed by atoms with van der Waals surface area (Å²) < 4.78 is 5.34. The van der Waals surface area contributed by atoms with Crippen LogP contribution in [0.1, 0.15) is 12.5 Å². The van der Waals surface area contributed by atoms with Crippen LogP contribution >= 0.6 is 0 Å². The molecule has 2 aromatic rings. The highest BCUT2D eigenvalue weighted by molar-refractivity contribution is 5.60. The standard InChI is InChI=1S/C17H17NO/c1-4-17(2,14-10-6-5-7-11-14)18-15-12-8-9-13-16(15)19-3/h1,5-13,18H,2-3H3. The monoisotopic (exact) mass is 251 g/mol. The predicted octanol–water partition coefficient (Wildman–Crippen LogP) is 3.66. The molecule has 0 fully saturated rings. The van der Waals surface area contributed by atoms with E-state index in [0.717, 1.165) is 17.0 Å². The van der Waals surface area contributed by atoms with Gasteiger partial charge in [-0.15, -0.1) is 6.42 Å². The molecule has 96 valence electrons. The van der Waals surface area contributed by atoms with Crippen LogP contribution in [0.15, 0.2) is 54.6 Å². The van der Waals surface area contributed by atoms with Gasteiger partial charge in [0.05, 0.1) is 12.8 Å². The molecule has 0 bridgehead atoms. The maximum Gasteiger partial charge on any atom is 0.141 e. The van der Waals surface area contributed by atoms with Crippen LogP contribution < -0.4 is 10.1 Å². The van der Waals surface area contributed by atoms with Gasteiger partial charge < -0.3 is 10.1 Å². The Bertz CT molecular complexity index is 586. The molecule has 0 aromatic heterocycles. The normalized spacial score (nSPS) is 13.1. The third-order valence-corrected chi connectivity index (χ3v) is 3.13. The predicted molar refractivity (Wildman–Crippen MR) is 79.2 cm³/mol. The van der Waals surface area contributed by atoms with E-state index in [1.807, 2.05) is 61.5 Å². The van der Waals surface area contributed by atoms with Crippen molar-refractivity contribution >= 4 is 5.69 Å². The molecule has 0 aliphatic heterocycles. The van der Waals surface area contributed by atoms with Crippen molar-refractivity contribution in [3.63, 3.8) is 0 Å². The Hall–Kier alpha value is -2.40. The quantitative estimate of drug-likeness (QED) is 0.837. The average Bonchev–Trinajstić information content (AvgIpc) is 2.48. The minimum atomic E-state index is -0.574. The largest absolute Gasteiger partial charge is 0.495 e. The molecular weight excluding hydrogens is 234 g/mol. The van der Waals surface area contributed by atoms with Gasteiger partial charge in [-0.1, -0.05) is 48.4 Å². The lowest BCUT2D eigenvalue weighted by molar-refractivity contribution is 0.415. The fraction of sp³-hybridized carbons (Fsp3) is 0.176. The highest BCUT2D eigenvalue weighted by Gasteiger charge is 2.24. The number of ether oxygens (including phenoxy) is 1. The number of benzene rings is 2. The molecule has 0 heterocycles. The van der Waals surface area contributed by atoms with Gasteiger partial charge >= 0.3 is 0 Å². The summed E-state index contributed by atoms with van der Waals surface area (Å²) >= 11 is 0. The van der Waals surface area contributed by atoms with Gasteiger partial charge in [-0.3, -0.25) is 0 Å². The van der Waals surface area contributed by atoms with E-state index in [1.165, 1.54) is 0 Å². The van der Waals surface area contributed by atoms with Gasteiger partial charge in [-0.05, 0) is 24.6 Å². The summed E-state index contributed by atoms with van der Waals surface area (Å²) in [6.45, 7) is 1.98. The molecule has 0 amide bonds. The van der Waals surface area contributed by atoms with Crippen LogP contribution in [0.4, 0.5) is 5.69 Å². The Labute approximate surface area is 114 Å². The highest BCUT2D eigenvalue weighted by Crippen LogP contribution is 2.31. The Morgan fingerprint density at radius 3 is 2.32 bits per heavy atom. The number of hydrogen-bond acceptors (Lipinski definition) is 2. The van der Waals surface area contributed by atoms with Crippen LogP contribution in [0.25, 0.3) is 0 Å². The van der Waals surface area contributed by atoms with E-state index in [2.05, 4.69) is 11.2 Å². The van der Waals surface area contributed by atoms with Gasteiger partial charge in [0.15, 0.2) is 0 Å². The van der Waals surface area contributed by atoms with E-state index in [-0.39, 0.29) is 0 Å². The van der Waals surface area contributed by atoms with E-state index in [0.29, 0.717) is 0 Å². The average molecular weight is 251 g/mol. The van der Waals surface area contributed by atoms with Gasteiger partial charge in [0.25, 0.3) is 0 Å². The number of terminal acetylenes is 1. The summed E-state index contributed by atoms with van der Waals surface area (Å²) in [5.41, 5.74) is 1.35. The number of rotatable bonds is 4. The zero-order valence-electron chi connectivity index (χ0n) is 11.2. The summed E-state index contributed by atoms with van der Waals surface area (Å²) in [6, 6.07) is 17.7. The Balaban J connectivity index is 2.37. The summed E-state index contributed by atoms with van der Waals surface area (Å²) in [7, 11) is 1.65. The van der Waals surface area contributed by atoms with Crippen molar-refractivity contribution in [2.24, 2.45) is 0 Å². The summed E-state index contributed by atoms with van der Waals surface area (Å²) in [6.07, 6.45) is 5.73. The fourth-order valence-electron chi connectivity index (χ4n) is 1.98. The van der Waals surface area contributed by atoms with Crippen molar-refractivity contribution in [1.29, 1.82) is 0 Å². The van der Waals surface area contributed by atoms with Crippen LogP contribution in [0, 0.1) is 12.3 Å². The smallest absolute Gasteiger partial charge is 0.141 e. The van der Waals surface area contributed by atoms with Crippen LogP contribution in [0.2, 0.25) is 0 Å². The van der Waals surface area contributed by atoms with E-state index >= 15 is 0 Å². The van der Waals surface area contributed by atoms with Gasteiger partial charge in [-0.2, -0.15) is 0 Å². The topological polar surface area (TPSA) is 21.3 Å². The second kappa shape index (κ2) is 5.49. The number of nitrogens with one attached hydrogen (secondary N) is 1. The third kappa shape index (κ3) is 2.71. The zero-order valence-corrected chi connectivity index (χ0v) is 11.2. The molecule has 0 saturated heterocycles. The molecule has 0 radical (unpaired) electrons. The lowest BCUT2D eigenvalue weighted by Gasteiger charge is -2.27. The van der Waals surface area contributed by atoms with E-state index in [1.54, 1.807) is 7.11 Å². The highest BCUT2D eigenvalue weighted by atomic mass is 16.5. The van der Waals surface area contributed by atoms with Gasteiger partial charge in [0.2, 0.25) is 0 Å². The SMILES string of the molecule is C#CC(C)(Nc1ccccc1OC)c1ccccc1. The molecule has 19 heavy (non-hydrogen) atoms. The van der Waals surface area contributed by atoms with E-state index < -0.39 is 5.54 Å². The van der Waals surface area contributed by atoms with E-state index in [4.69, 9.17) is 11.2 Å². The lowest BCUT2D eigenvalue weighted by Crippen LogP contribution is -2.30. The molecule has 2 rings (SSSR count). The van der Waals surface area contributed by atoms with Gasteiger partial charge in [0.1, 0.15) is 11.3 Å². The number of anilines is 1. The maximum absolute atomic E-state index is 5.73. The first kappa shape index (κ1) is 13.0. The van der Waals surface area contributed by atoms with Crippen molar-refractivity contribution in [2.75, 3.05) is 12.4 Å². The summed E-state index contributed by atoms with van der Waals surface area (Å²) in [4.78, 5) is 0. The summed E-state index contributed by atoms with van der Waals surface area (Å²) in [5, 5.41) is 3.38. The number of methoxy groups -OCH3 is 1. The van der Waals surface area contributed by atoms with Crippen molar-refractivity contribution in [3.8, 4) is 18.1 Å². The van der Waals surface area contributed by atoms with Crippen molar-refractivity contribution in [2.45, 2.75) is 12.5 Å². The second-order valence-electron chi connectivity index (χ2n) is 4.46. The first-order valence-corrected chi connectivity index (χ1v) is 6.14. The molecule has 0 saturated carbocycles. The molecule has 0 aliphatic rings. The minimum Gasteiger partial charge on any atom is -0.495 e. The van der Waals surface area contributed by atoms with Crippen molar-refractivity contribution in [3.05, 3.63) is 60.2 Å². The van der Waals surface area contributed by atoms with Crippen LogP contribution in [0.3, 0.4) is 0 Å². The number of hydrogen-bond donors (Lipinski definition) is 1. The van der Waals surface area contributed by atoms with Gasteiger partial charge in [-0.25, -0.2) is 0 Å². The molecule has 1 atom stereocenters. The first-order valence-electron chi connectivity index (χ1n) is 6.14. The molecule has 2 heteroatoms. The molecule has 2 nitrogen and oxygen atoms in total. The van der Waals surface area contributed by atoms with Gasteiger partial charge in [0, 0.05) is 0 Å². The van der Waals surface area contributed by atoms with Crippen LogP contribution in [-0.2, 0) is 5.54 Å². The second-order valence-corrected chi connectivity index (χ2v) is 4.46. The zero-order chi connectivity index (χ0) is 13.7. The molecule has 2 aromatic carbocycles. The Morgan fingerprint density at radius 2 is 1.68 bits per heavy atom. The fourth-order valence-corrected chi connectivity index (χ4v) is 1.98. The number of para-hydroxylation sites is 2. The van der Waals surface area contributed by atoms with Crippen molar-refractivity contribution in [1.82, 2.24) is 0 Å². The van der Waals surface area contributed by atoms with E-state index in [9.17, 15) is 0 Å². The molecule has 0 spiro atoms. The Kier molecular flexibility index (Phi) is 3.77. The minimum absolute atomic E-state index is 0.574. The third-order valence-electron chi connectivity index (χ3n) is 3.13. The van der Waals surface area contributed by atoms with Crippen LogP contribution in [-0.4, -0.2) is 7.11 Å². The molecule has 1 N–H and O–H groups in total. The van der Waals surface area contributed by atoms with Crippen LogP contribution in [0.5, 0.6) is 5.75 Å². The Morgan fingerprint density at radius 1 is 1.05 bits per heavy atom. The summed E-state index contributed by atoms with van der Waals surface area (Å²) in [5.74, 6) is 3.61.